The zero-order valence-electron chi connectivity index (χ0n) is 8.11. The molecule has 1 aromatic rings. The van der Waals surface area contributed by atoms with Crippen LogP contribution >= 0.6 is 0 Å². The minimum absolute atomic E-state index is 0.201. The van der Waals surface area contributed by atoms with Gasteiger partial charge in [0.05, 0.1) is 0 Å². The standard InChI is InChI=1S/C11H12O3/c1-7-5-9(12)6-8(2)10(7)3-4-11(13)14/h3-6,12H,1-2H3,(H,13,14)/b4-3+. The number of phenolic OH excluding ortho intramolecular Hbond substituents is 1. The summed E-state index contributed by atoms with van der Waals surface area (Å²) in [5.74, 6) is -0.774. The minimum Gasteiger partial charge on any atom is -0.508 e. The van der Waals surface area contributed by atoms with E-state index in [2.05, 4.69) is 0 Å². The van der Waals surface area contributed by atoms with Gasteiger partial charge in [0, 0.05) is 6.08 Å². The van der Waals surface area contributed by atoms with Gasteiger partial charge in [-0.25, -0.2) is 4.79 Å². The topological polar surface area (TPSA) is 57.5 Å². The van der Waals surface area contributed by atoms with Gasteiger partial charge in [-0.1, -0.05) is 0 Å². The predicted octanol–water partition coefficient (Wildman–Crippen LogP) is 2.11. The van der Waals surface area contributed by atoms with E-state index in [1.54, 1.807) is 12.1 Å². The second kappa shape index (κ2) is 3.96. The summed E-state index contributed by atoms with van der Waals surface area (Å²) in [5.41, 5.74) is 2.56. The first-order chi connectivity index (χ1) is 6.50. The highest BCUT2D eigenvalue weighted by Crippen LogP contribution is 2.21. The quantitative estimate of drug-likeness (QED) is 0.705. The highest BCUT2D eigenvalue weighted by Gasteiger charge is 2.01. The SMILES string of the molecule is Cc1cc(O)cc(C)c1/C=C/C(=O)O. The van der Waals surface area contributed by atoms with E-state index >= 15 is 0 Å². The van der Waals surface area contributed by atoms with Gasteiger partial charge in [0.25, 0.3) is 0 Å². The smallest absolute Gasteiger partial charge is 0.328 e. The number of hydrogen-bond donors (Lipinski definition) is 2. The highest BCUT2D eigenvalue weighted by atomic mass is 16.4. The van der Waals surface area contributed by atoms with Gasteiger partial charge in [0.1, 0.15) is 5.75 Å². The van der Waals surface area contributed by atoms with E-state index < -0.39 is 5.97 Å². The molecule has 3 nitrogen and oxygen atoms in total. The van der Waals surface area contributed by atoms with E-state index in [4.69, 9.17) is 5.11 Å². The fraction of sp³-hybridized carbons (Fsp3) is 0.182. The van der Waals surface area contributed by atoms with Crippen molar-refractivity contribution in [3.8, 4) is 5.75 Å². The lowest BCUT2D eigenvalue weighted by Crippen LogP contribution is -1.89. The lowest BCUT2D eigenvalue weighted by molar-refractivity contribution is -0.131. The molecule has 0 spiro atoms. The number of carboxylic acids is 1. The molecule has 0 bridgehead atoms. The Hall–Kier alpha value is -1.77. The molecular formula is C11H12O3. The van der Waals surface area contributed by atoms with E-state index in [9.17, 15) is 9.90 Å². The van der Waals surface area contributed by atoms with Gasteiger partial charge < -0.3 is 10.2 Å². The van der Waals surface area contributed by atoms with Crippen LogP contribution in [-0.2, 0) is 4.79 Å². The Labute approximate surface area is 82.3 Å². The molecule has 1 rings (SSSR count). The van der Waals surface area contributed by atoms with Gasteiger partial charge in [0.15, 0.2) is 0 Å². The summed E-state index contributed by atoms with van der Waals surface area (Å²) in [7, 11) is 0. The normalized spacial score (nSPS) is 10.7. The van der Waals surface area contributed by atoms with Gasteiger partial charge in [-0.05, 0) is 48.7 Å². The number of aliphatic carboxylic acids is 1. The number of aromatic hydroxyl groups is 1. The van der Waals surface area contributed by atoms with Crippen LogP contribution in [0, 0.1) is 13.8 Å². The summed E-state index contributed by atoms with van der Waals surface area (Å²) < 4.78 is 0. The first-order valence-corrected chi connectivity index (χ1v) is 4.22. The molecule has 1 aromatic carbocycles. The molecule has 0 aliphatic carbocycles. The first-order valence-electron chi connectivity index (χ1n) is 4.22. The van der Waals surface area contributed by atoms with Crippen molar-refractivity contribution in [1.82, 2.24) is 0 Å². The molecule has 0 atom stereocenters. The first kappa shape index (κ1) is 10.3. The summed E-state index contributed by atoms with van der Waals surface area (Å²) in [6.45, 7) is 3.66. The third kappa shape index (κ3) is 2.36. The maximum Gasteiger partial charge on any atom is 0.328 e. The predicted molar refractivity (Wildman–Crippen MR) is 54.3 cm³/mol. The Morgan fingerprint density at radius 2 is 1.79 bits per heavy atom. The van der Waals surface area contributed by atoms with Crippen LogP contribution in [0.4, 0.5) is 0 Å². The van der Waals surface area contributed by atoms with E-state index in [-0.39, 0.29) is 5.75 Å². The molecule has 0 aliphatic heterocycles. The van der Waals surface area contributed by atoms with Crippen molar-refractivity contribution in [3.63, 3.8) is 0 Å². The molecule has 0 aromatic heterocycles. The van der Waals surface area contributed by atoms with Crippen molar-refractivity contribution in [1.29, 1.82) is 0 Å². The van der Waals surface area contributed by atoms with E-state index in [1.807, 2.05) is 13.8 Å². The lowest BCUT2D eigenvalue weighted by atomic mass is 10.0. The second-order valence-electron chi connectivity index (χ2n) is 3.16. The molecule has 14 heavy (non-hydrogen) atoms. The minimum atomic E-state index is -0.975. The number of carboxylic acid groups (broad SMARTS) is 1. The Balaban J connectivity index is 3.15. The molecule has 0 radical (unpaired) electrons. The second-order valence-corrected chi connectivity index (χ2v) is 3.16. The van der Waals surface area contributed by atoms with Crippen LogP contribution in [0.1, 0.15) is 16.7 Å². The zero-order valence-corrected chi connectivity index (χ0v) is 8.11. The number of rotatable bonds is 2. The summed E-state index contributed by atoms with van der Waals surface area (Å²) in [6.07, 6.45) is 2.62. The molecule has 0 amide bonds. The molecule has 0 heterocycles. The molecule has 0 saturated heterocycles. The summed E-state index contributed by atoms with van der Waals surface area (Å²) >= 11 is 0. The Morgan fingerprint density at radius 3 is 2.21 bits per heavy atom. The molecule has 0 fully saturated rings. The number of phenols is 1. The molecule has 74 valence electrons. The number of aryl methyl sites for hydroxylation is 2. The van der Waals surface area contributed by atoms with E-state index in [0.717, 1.165) is 22.8 Å². The number of hydrogen-bond acceptors (Lipinski definition) is 2. The van der Waals surface area contributed by atoms with Crippen molar-refractivity contribution in [2.75, 3.05) is 0 Å². The fourth-order valence-corrected chi connectivity index (χ4v) is 1.37. The van der Waals surface area contributed by atoms with Crippen molar-refractivity contribution >= 4 is 12.0 Å². The van der Waals surface area contributed by atoms with Crippen LogP contribution in [0.15, 0.2) is 18.2 Å². The van der Waals surface area contributed by atoms with Gasteiger partial charge in [-0.15, -0.1) is 0 Å². The molecule has 0 unspecified atom stereocenters. The van der Waals surface area contributed by atoms with Crippen LogP contribution < -0.4 is 0 Å². The van der Waals surface area contributed by atoms with Gasteiger partial charge in [-0.3, -0.25) is 0 Å². The molecule has 0 saturated carbocycles. The fourth-order valence-electron chi connectivity index (χ4n) is 1.37. The molecular weight excluding hydrogens is 180 g/mol. The van der Waals surface area contributed by atoms with Crippen LogP contribution in [0.5, 0.6) is 5.75 Å². The molecule has 0 aliphatic rings. The Kier molecular flexibility index (Phi) is 2.92. The van der Waals surface area contributed by atoms with E-state index in [1.165, 1.54) is 6.08 Å². The molecule has 3 heteroatoms. The zero-order chi connectivity index (χ0) is 10.7. The van der Waals surface area contributed by atoms with Gasteiger partial charge in [0.2, 0.25) is 0 Å². The van der Waals surface area contributed by atoms with Crippen molar-refractivity contribution in [2.45, 2.75) is 13.8 Å². The number of carbonyl (C=O) groups is 1. The third-order valence-electron chi connectivity index (χ3n) is 1.97. The number of benzene rings is 1. The van der Waals surface area contributed by atoms with Gasteiger partial charge >= 0.3 is 5.97 Å². The van der Waals surface area contributed by atoms with Crippen molar-refractivity contribution < 1.29 is 15.0 Å². The largest absolute Gasteiger partial charge is 0.508 e. The average molecular weight is 192 g/mol. The maximum atomic E-state index is 10.3. The highest BCUT2D eigenvalue weighted by molar-refractivity contribution is 5.86. The maximum absolute atomic E-state index is 10.3. The average Bonchev–Trinajstić information content (AvgIpc) is 2.01. The van der Waals surface area contributed by atoms with Gasteiger partial charge in [-0.2, -0.15) is 0 Å². The van der Waals surface area contributed by atoms with E-state index in [0.29, 0.717) is 0 Å². The monoisotopic (exact) mass is 192 g/mol. The summed E-state index contributed by atoms with van der Waals surface area (Å²) in [6, 6.07) is 3.21. The van der Waals surface area contributed by atoms with Crippen LogP contribution in [0.3, 0.4) is 0 Å². The van der Waals surface area contributed by atoms with Crippen molar-refractivity contribution in [3.05, 3.63) is 34.9 Å². The summed E-state index contributed by atoms with van der Waals surface area (Å²) in [5, 5.41) is 17.7. The molecule has 2 N–H and O–H groups in total. The Morgan fingerprint density at radius 1 is 1.29 bits per heavy atom. The summed E-state index contributed by atoms with van der Waals surface area (Å²) in [4.78, 5) is 10.3. The Bertz CT molecular complexity index is 369. The van der Waals surface area contributed by atoms with Crippen molar-refractivity contribution in [2.24, 2.45) is 0 Å². The lowest BCUT2D eigenvalue weighted by Gasteiger charge is -2.05. The third-order valence-corrected chi connectivity index (χ3v) is 1.97. The van der Waals surface area contributed by atoms with Crippen LogP contribution in [-0.4, -0.2) is 16.2 Å². The van der Waals surface area contributed by atoms with Crippen LogP contribution in [0.2, 0.25) is 0 Å². The van der Waals surface area contributed by atoms with Crippen LogP contribution in [0.25, 0.3) is 6.08 Å².